The van der Waals surface area contributed by atoms with E-state index in [1.54, 1.807) is 12.1 Å². The topological polar surface area (TPSA) is 33.2 Å². The molecule has 1 fully saturated rings. The second-order valence-electron chi connectivity index (χ2n) is 2.62. The van der Waals surface area contributed by atoms with E-state index in [0.717, 1.165) is 0 Å². The van der Waals surface area contributed by atoms with Crippen LogP contribution < -0.4 is 4.90 Å². The molecule has 0 spiro atoms. The molecule has 72 valence electrons. The van der Waals surface area contributed by atoms with Crippen LogP contribution in [-0.2, 0) is 4.79 Å². The summed E-state index contributed by atoms with van der Waals surface area (Å²) < 4.78 is 0.546. The molecule has 3 nitrogen and oxygen atoms in total. The lowest BCUT2D eigenvalue weighted by Crippen LogP contribution is -2.28. The van der Waals surface area contributed by atoms with Crippen molar-refractivity contribution < 1.29 is 4.79 Å². The molecule has 14 heavy (non-hydrogen) atoms. The monoisotopic (exact) mass is 244 g/mol. The minimum Gasteiger partial charge on any atom is -0.273 e. The van der Waals surface area contributed by atoms with Gasteiger partial charge in [0.1, 0.15) is 10.1 Å². The molecule has 0 saturated carbocycles. The molecule has 0 N–H and O–H groups in total. The molecular formula is C8H5ClN2OS2. The number of aromatic nitrogens is 1. The van der Waals surface area contributed by atoms with Gasteiger partial charge in [-0.25, -0.2) is 9.88 Å². The highest BCUT2D eigenvalue weighted by Crippen LogP contribution is 2.25. The van der Waals surface area contributed by atoms with Crippen LogP contribution in [0.3, 0.4) is 0 Å². The van der Waals surface area contributed by atoms with Gasteiger partial charge in [0.2, 0.25) is 5.91 Å². The van der Waals surface area contributed by atoms with Crippen molar-refractivity contribution in [2.45, 2.75) is 0 Å². The predicted octanol–water partition coefficient (Wildman–Crippen LogP) is 2.10. The van der Waals surface area contributed by atoms with E-state index in [1.807, 2.05) is 0 Å². The lowest BCUT2D eigenvalue weighted by Gasteiger charge is -2.12. The first-order valence-corrected chi connectivity index (χ1v) is 5.57. The number of carbonyl (C=O) groups excluding carboxylic acids is 1. The van der Waals surface area contributed by atoms with Crippen LogP contribution in [0, 0.1) is 0 Å². The van der Waals surface area contributed by atoms with E-state index in [-0.39, 0.29) is 5.91 Å². The fourth-order valence-corrected chi connectivity index (χ4v) is 2.26. The number of anilines is 1. The highest BCUT2D eigenvalue weighted by molar-refractivity contribution is 8.24. The number of thioether (sulfide) groups is 1. The SMILES string of the molecule is O=C1CSC(=S)N1c1ccc(Cl)cn1. The number of carbonyl (C=O) groups is 1. The Balaban J connectivity index is 2.34. The Bertz CT molecular complexity index is 377. The van der Waals surface area contributed by atoms with Crippen LogP contribution in [-0.4, -0.2) is 21.0 Å². The first kappa shape index (κ1) is 9.89. The number of halogens is 1. The first-order chi connectivity index (χ1) is 6.68. The van der Waals surface area contributed by atoms with Crippen LogP contribution in [0.5, 0.6) is 0 Å². The number of nitrogens with zero attached hydrogens (tertiary/aromatic N) is 2. The predicted molar refractivity (Wildman–Crippen MR) is 61.8 cm³/mol. The molecule has 1 aliphatic heterocycles. The van der Waals surface area contributed by atoms with E-state index >= 15 is 0 Å². The van der Waals surface area contributed by atoms with Crippen LogP contribution in [0.4, 0.5) is 5.82 Å². The van der Waals surface area contributed by atoms with Gasteiger partial charge < -0.3 is 0 Å². The Morgan fingerprint density at radius 1 is 1.57 bits per heavy atom. The van der Waals surface area contributed by atoms with Crippen molar-refractivity contribution in [2.75, 3.05) is 10.7 Å². The third kappa shape index (κ3) is 1.75. The normalized spacial score (nSPS) is 16.5. The Hall–Kier alpha value is -0.650. The van der Waals surface area contributed by atoms with Gasteiger partial charge >= 0.3 is 0 Å². The molecule has 1 aliphatic rings. The summed E-state index contributed by atoms with van der Waals surface area (Å²) in [6.45, 7) is 0. The minimum atomic E-state index is -0.0326. The van der Waals surface area contributed by atoms with Gasteiger partial charge in [-0.1, -0.05) is 35.6 Å². The summed E-state index contributed by atoms with van der Waals surface area (Å²) in [5.74, 6) is 0.896. The zero-order chi connectivity index (χ0) is 10.1. The molecule has 1 aromatic heterocycles. The van der Waals surface area contributed by atoms with E-state index in [9.17, 15) is 4.79 Å². The molecule has 0 atom stereocenters. The molecule has 1 amide bonds. The quantitative estimate of drug-likeness (QED) is 0.709. The van der Waals surface area contributed by atoms with Gasteiger partial charge in [0, 0.05) is 6.20 Å². The molecule has 1 aromatic rings. The molecule has 2 heterocycles. The summed E-state index contributed by atoms with van der Waals surface area (Å²) >= 11 is 12.1. The summed E-state index contributed by atoms with van der Waals surface area (Å²) in [5.41, 5.74) is 0. The van der Waals surface area contributed by atoms with Crippen LogP contribution in [0.25, 0.3) is 0 Å². The minimum absolute atomic E-state index is 0.0326. The third-order valence-corrected chi connectivity index (χ3v) is 3.27. The maximum atomic E-state index is 11.4. The van der Waals surface area contributed by atoms with Crippen molar-refractivity contribution >= 4 is 51.6 Å². The molecule has 2 rings (SSSR count). The molecule has 0 bridgehead atoms. The van der Waals surface area contributed by atoms with E-state index < -0.39 is 0 Å². The van der Waals surface area contributed by atoms with Crippen molar-refractivity contribution in [2.24, 2.45) is 0 Å². The number of thiocarbonyl (C=S) groups is 1. The Morgan fingerprint density at radius 2 is 2.36 bits per heavy atom. The Labute approximate surface area is 95.4 Å². The van der Waals surface area contributed by atoms with Crippen LogP contribution in [0.1, 0.15) is 0 Å². The second-order valence-corrected chi connectivity index (χ2v) is 4.66. The van der Waals surface area contributed by atoms with Crippen molar-refractivity contribution in [1.29, 1.82) is 0 Å². The van der Waals surface area contributed by atoms with Crippen molar-refractivity contribution in [3.63, 3.8) is 0 Å². The number of hydrogen-bond donors (Lipinski definition) is 0. The summed E-state index contributed by atoms with van der Waals surface area (Å²) in [6.07, 6.45) is 1.50. The average molecular weight is 245 g/mol. The van der Waals surface area contributed by atoms with Gasteiger partial charge in [-0.05, 0) is 12.1 Å². The lowest BCUT2D eigenvalue weighted by atomic mass is 10.4. The number of hydrogen-bond acceptors (Lipinski definition) is 4. The van der Waals surface area contributed by atoms with Crippen molar-refractivity contribution in [3.05, 3.63) is 23.4 Å². The molecule has 0 radical (unpaired) electrons. The maximum absolute atomic E-state index is 11.4. The maximum Gasteiger partial charge on any atom is 0.244 e. The molecule has 0 unspecified atom stereocenters. The highest BCUT2D eigenvalue weighted by atomic mass is 35.5. The lowest BCUT2D eigenvalue weighted by molar-refractivity contribution is -0.115. The third-order valence-electron chi connectivity index (χ3n) is 1.69. The average Bonchev–Trinajstić information content (AvgIpc) is 2.49. The van der Waals surface area contributed by atoms with E-state index in [1.165, 1.54) is 22.9 Å². The van der Waals surface area contributed by atoms with Gasteiger partial charge in [0.05, 0.1) is 10.8 Å². The van der Waals surface area contributed by atoms with Gasteiger partial charge in [-0.2, -0.15) is 0 Å². The van der Waals surface area contributed by atoms with E-state index in [4.69, 9.17) is 23.8 Å². The first-order valence-electron chi connectivity index (χ1n) is 3.80. The van der Waals surface area contributed by atoms with E-state index in [0.29, 0.717) is 20.9 Å². The smallest absolute Gasteiger partial charge is 0.244 e. The Kier molecular flexibility index (Phi) is 2.71. The number of rotatable bonds is 1. The number of amides is 1. The standard InChI is InChI=1S/C8H5ClN2OS2/c9-5-1-2-6(10-3-5)11-7(12)4-14-8(11)13/h1-3H,4H2. The summed E-state index contributed by atoms with van der Waals surface area (Å²) in [6, 6.07) is 3.36. The van der Waals surface area contributed by atoms with Crippen molar-refractivity contribution in [3.8, 4) is 0 Å². The van der Waals surface area contributed by atoms with Gasteiger partial charge in [0.15, 0.2) is 0 Å². The van der Waals surface area contributed by atoms with Crippen LogP contribution in [0.2, 0.25) is 5.02 Å². The fraction of sp³-hybridized carbons (Fsp3) is 0.125. The zero-order valence-corrected chi connectivity index (χ0v) is 9.33. The van der Waals surface area contributed by atoms with Crippen molar-refractivity contribution in [1.82, 2.24) is 4.98 Å². The summed E-state index contributed by atoms with van der Waals surface area (Å²) in [5, 5.41) is 0.541. The molecular weight excluding hydrogens is 240 g/mol. The molecule has 6 heteroatoms. The van der Waals surface area contributed by atoms with E-state index in [2.05, 4.69) is 4.98 Å². The summed E-state index contributed by atoms with van der Waals surface area (Å²) in [4.78, 5) is 16.9. The fourth-order valence-electron chi connectivity index (χ4n) is 1.08. The summed E-state index contributed by atoms with van der Waals surface area (Å²) in [7, 11) is 0. The Morgan fingerprint density at radius 3 is 2.86 bits per heavy atom. The molecule has 1 saturated heterocycles. The van der Waals surface area contributed by atoms with Crippen LogP contribution >= 0.6 is 35.6 Å². The zero-order valence-electron chi connectivity index (χ0n) is 6.94. The highest BCUT2D eigenvalue weighted by Gasteiger charge is 2.28. The van der Waals surface area contributed by atoms with Gasteiger partial charge in [0.25, 0.3) is 0 Å². The van der Waals surface area contributed by atoms with Crippen LogP contribution in [0.15, 0.2) is 18.3 Å². The molecule has 0 aromatic carbocycles. The largest absolute Gasteiger partial charge is 0.273 e. The molecule has 0 aliphatic carbocycles. The second kappa shape index (κ2) is 3.84. The van der Waals surface area contributed by atoms with Gasteiger partial charge in [-0.3, -0.25) is 4.79 Å². The van der Waals surface area contributed by atoms with Gasteiger partial charge in [-0.15, -0.1) is 0 Å². The number of pyridine rings is 1.